The molecule has 1 unspecified atom stereocenters. The molecule has 0 radical (unpaired) electrons. The van der Waals surface area contributed by atoms with Crippen LogP contribution < -0.4 is 5.32 Å². The first-order valence-corrected chi connectivity index (χ1v) is 4.39. The summed E-state index contributed by atoms with van der Waals surface area (Å²) < 4.78 is 12.5. The summed E-state index contributed by atoms with van der Waals surface area (Å²) in [4.78, 5) is 10.3. The molecular formula is C9H9ClFNO2. The molecule has 0 aliphatic rings. The quantitative estimate of drug-likeness (QED) is 0.601. The summed E-state index contributed by atoms with van der Waals surface area (Å²) in [5.74, 6) is -1.33. The van der Waals surface area contributed by atoms with Crippen molar-refractivity contribution in [2.45, 2.75) is 11.9 Å². The van der Waals surface area contributed by atoms with Crippen molar-refractivity contribution in [2.75, 3.05) is 5.32 Å². The molecule has 1 rings (SSSR count). The molecule has 1 atom stereocenters. The third kappa shape index (κ3) is 3.62. The molecule has 14 heavy (non-hydrogen) atoms. The van der Waals surface area contributed by atoms with E-state index in [1.165, 1.54) is 24.3 Å². The van der Waals surface area contributed by atoms with E-state index in [1.54, 1.807) is 0 Å². The van der Waals surface area contributed by atoms with Crippen LogP contribution in [-0.4, -0.2) is 16.6 Å². The number of hydrogen-bond donors (Lipinski definition) is 2. The smallest absolute Gasteiger partial charge is 0.306 e. The largest absolute Gasteiger partial charge is 0.481 e. The molecule has 0 bridgehead atoms. The highest BCUT2D eigenvalue weighted by atomic mass is 35.5. The van der Waals surface area contributed by atoms with Crippen molar-refractivity contribution in [3.8, 4) is 0 Å². The highest BCUT2D eigenvalue weighted by Crippen LogP contribution is 2.12. The number of hydrogen-bond acceptors (Lipinski definition) is 2. The minimum atomic E-state index is -0.986. The number of alkyl halides is 1. The van der Waals surface area contributed by atoms with E-state index in [0.717, 1.165) is 0 Å². The molecule has 0 aromatic heterocycles. The summed E-state index contributed by atoms with van der Waals surface area (Å²) in [7, 11) is 0. The molecule has 1 aromatic carbocycles. The van der Waals surface area contributed by atoms with Crippen molar-refractivity contribution in [3.05, 3.63) is 30.1 Å². The lowest BCUT2D eigenvalue weighted by Crippen LogP contribution is -2.16. The van der Waals surface area contributed by atoms with Gasteiger partial charge in [-0.15, -0.1) is 0 Å². The molecule has 0 aliphatic heterocycles. The summed E-state index contributed by atoms with van der Waals surface area (Å²) >= 11 is 5.66. The molecule has 1 aromatic rings. The lowest BCUT2D eigenvalue weighted by Gasteiger charge is -2.10. The number of carbonyl (C=O) groups is 1. The Kier molecular flexibility index (Phi) is 3.71. The molecule has 0 amide bonds. The average Bonchev–Trinajstić information content (AvgIpc) is 2.07. The van der Waals surface area contributed by atoms with E-state index in [2.05, 4.69) is 5.32 Å². The first kappa shape index (κ1) is 10.8. The first-order chi connectivity index (χ1) is 6.58. The van der Waals surface area contributed by atoms with E-state index in [9.17, 15) is 9.18 Å². The van der Waals surface area contributed by atoms with Crippen LogP contribution in [0.25, 0.3) is 0 Å². The Morgan fingerprint density at radius 3 is 2.57 bits per heavy atom. The van der Waals surface area contributed by atoms with Crippen LogP contribution in [0, 0.1) is 5.82 Å². The van der Waals surface area contributed by atoms with Crippen LogP contribution in [0.2, 0.25) is 0 Å². The van der Waals surface area contributed by atoms with Gasteiger partial charge in [0, 0.05) is 5.69 Å². The second-order valence-corrected chi connectivity index (χ2v) is 3.24. The Morgan fingerprint density at radius 1 is 1.50 bits per heavy atom. The average molecular weight is 218 g/mol. The maximum absolute atomic E-state index is 12.5. The van der Waals surface area contributed by atoms with E-state index in [1.807, 2.05) is 0 Å². The molecule has 0 saturated heterocycles. The molecule has 2 N–H and O–H groups in total. The minimum Gasteiger partial charge on any atom is -0.481 e. The van der Waals surface area contributed by atoms with Gasteiger partial charge >= 0.3 is 5.97 Å². The molecule has 3 nitrogen and oxygen atoms in total. The van der Waals surface area contributed by atoms with Gasteiger partial charge in [-0.3, -0.25) is 4.79 Å². The number of aliphatic carboxylic acids is 1. The Balaban J connectivity index is 2.51. The van der Waals surface area contributed by atoms with Gasteiger partial charge < -0.3 is 10.4 Å². The van der Waals surface area contributed by atoms with Crippen LogP contribution in [0.15, 0.2) is 24.3 Å². The van der Waals surface area contributed by atoms with Crippen LogP contribution in [-0.2, 0) is 4.79 Å². The Morgan fingerprint density at radius 2 is 2.07 bits per heavy atom. The van der Waals surface area contributed by atoms with Gasteiger partial charge in [0.05, 0.1) is 6.42 Å². The molecule has 76 valence electrons. The zero-order valence-electron chi connectivity index (χ0n) is 7.21. The van der Waals surface area contributed by atoms with Gasteiger partial charge in [-0.2, -0.15) is 0 Å². The zero-order valence-corrected chi connectivity index (χ0v) is 7.96. The van der Waals surface area contributed by atoms with E-state index < -0.39 is 11.5 Å². The van der Waals surface area contributed by atoms with Crippen LogP contribution in [0.3, 0.4) is 0 Å². The van der Waals surface area contributed by atoms with Gasteiger partial charge in [0.2, 0.25) is 0 Å². The van der Waals surface area contributed by atoms with Crippen molar-refractivity contribution < 1.29 is 14.3 Å². The van der Waals surface area contributed by atoms with Crippen molar-refractivity contribution in [1.29, 1.82) is 0 Å². The third-order valence-corrected chi connectivity index (χ3v) is 1.78. The Bertz CT molecular complexity index is 315. The lowest BCUT2D eigenvalue weighted by molar-refractivity contribution is -0.136. The van der Waals surface area contributed by atoms with E-state index in [-0.39, 0.29) is 12.2 Å². The summed E-state index contributed by atoms with van der Waals surface area (Å²) in [5, 5.41) is 11.1. The van der Waals surface area contributed by atoms with Crippen molar-refractivity contribution >= 4 is 23.3 Å². The topological polar surface area (TPSA) is 49.3 Å². The van der Waals surface area contributed by atoms with E-state index in [0.29, 0.717) is 5.69 Å². The SMILES string of the molecule is O=C(O)CC(Cl)Nc1ccc(F)cc1. The van der Waals surface area contributed by atoms with Crippen molar-refractivity contribution in [3.63, 3.8) is 0 Å². The Hall–Kier alpha value is -1.29. The lowest BCUT2D eigenvalue weighted by atomic mass is 10.3. The second-order valence-electron chi connectivity index (χ2n) is 2.72. The second kappa shape index (κ2) is 4.81. The zero-order chi connectivity index (χ0) is 10.6. The molecule has 0 saturated carbocycles. The molecule has 0 aliphatic carbocycles. The van der Waals surface area contributed by atoms with Gasteiger partial charge in [0.25, 0.3) is 0 Å². The number of benzene rings is 1. The summed E-state index contributed by atoms with van der Waals surface area (Å²) in [6, 6.07) is 5.53. The van der Waals surface area contributed by atoms with Crippen molar-refractivity contribution in [2.24, 2.45) is 0 Å². The fourth-order valence-electron chi connectivity index (χ4n) is 0.931. The molecule has 5 heteroatoms. The molecular weight excluding hydrogens is 209 g/mol. The molecule has 0 heterocycles. The summed E-state index contributed by atoms with van der Waals surface area (Å²) in [6.07, 6.45) is -0.196. The monoisotopic (exact) mass is 217 g/mol. The maximum Gasteiger partial charge on any atom is 0.306 e. The number of anilines is 1. The number of nitrogens with one attached hydrogen (secondary N) is 1. The maximum atomic E-state index is 12.5. The van der Waals surface area contributed by atoms with Gasteiger partial charge in [-0.25, -0.2) is 4.39 Å². The predicted octanol–water partition coefficient (Wildman–Crippen LogP) is 2.28. The summed E-state index contributed by atoms with van der Waals surface area (Å²) in [5.41, 5.74) is -0.106. The number of rotatable bonds is 4. The normalized spacial score (nSPS) is 12.1. The van der Waals surface area contributed by atoms with Gasteiger partial charge in [0.15, 0.2) is 0 Å². The number of carboxylic acids is 1. The Labute approximate surface area is 85.5 Å². The number of carboxylic acid groups (broad SMARTS) is 1. The number of halogens is 2. The molecule has 0 spiro atoms. The van der Waals surface area contributed by atoms with Crippen LogP contribution >= 0.6 is 11.6 Å². The van der Waals surface area contributed by atoms with Crippen LogP contribution in [0.1, 0.15) is 6.42 Å². The highest BCUT2D eigenvalue weighted by Gasteiger charge is 2.08. The van der Waals surface area contributed by atoms with Gasteiger partial charge in [0.1, 0.15) is 11.3 Å². The van der Waals surface area contributed by atoms with E-state index in [4.69, 9.17) is 16.7 Å². The third-order valence-electron chi connectivity index (χ3n) is 1.52. The minimum absolute atomic E-state index is 0.196. The highest BCUT2D eigenvalue weighted by molar-refractivity contribution is 6.22. The fraction of sp³-hybridized carbons (Fsp3) is 0.222. The van der Waals surface area contributed by atoms with E-state index >= 15 is 0 Å². The first-order valence-electron chi connectivity index (χ1n) is 3.96. The van der Waals surface area contributed by atoms with Crippen molar-refractivity contribution in [1.82, 2.24) is 0 Å². The van der Waals surface area contributed by atoms with Crippen LogP contribution in [0.5, 0.6) is 0 Å². The van der Waals surface area contributed by atoms with Gasteiger partial charge in [-0.1, -0.05) is 11.6 Å². The fourth-order valence-corrected chi connectivity index (χ4v) is 1.19. The summed E-state index contributed by atoms with van der Waals surface area (Å²) in [6.45, 7) is 0. The van der Waals surface area contributed by atoms with Gasteiger partial charge in [-0.05, 0) is 24.3 Å². The van der Waals surface area contributed by atoms with Crippen LogP contribution in [0.4, 0.5) is 10.1 Å². The standard InChI is InChI=1S/C9H9ClFNO2/c10-8(5-9(13)14)12-7-3-1-6(11)2-4-7/h1-4,8,12H,5H2,(H,13,14). The predicted molar refractivity (Wildman–Crippen MR) is 51.9 cm³/mol. The molecule has 0 fully saturated rings.